The molecule has 0 heterocycles. The van der Waals surface area contributed by atoms with Crippen molar-refractivity contribution in [2.24, 2.45) is 0 Å². The third-order valence-electron chi connectivity index (χ3n) is 2.69. The van der Waals surface area contributed by atoms with Crippen LogP contribution in [0.5, 0.6) is 5.75 Å². The van der Waals surface area contributed by atoms with E-state index >= 15 is 0 Å². The molecule has 1 nitrogen and oxygen atoms in total. The Labute approximate surface area is 125 Å². The van der Waals surface area contributed by atoms with Gasteiger partial charge >= 0.3 is 0 Å². The predicted octanol–water partition coefficient (Wildman–Crippen LogP) is 5.08. The van der Waals surface area contributed by atoms with Gasteiger partial charge in [-0.15, -0.1) is 23.2 Å². The van der Waals surface area contributed by atoms with Gasteiger partial charge in [-0.3, -0.25) is 0 Å². The van der Waals surface area contributed by atoms with E-state index in [9.17, 15) is 0 Å². The summed E-state index contributed by atoms with van der Waals surface area (Å²) in [7, 11) is 0. The summed E-state index contributed by atoms with van der Waals surface area (Å²) in [6.07, 6.45) is 0. The summed E-state index contributed by atoms with van der Waals surface area (Å²) in [5, 5.41) is 0. The summed E-state index contributed by atoms with van der Waals surface area (Å²) in [6.45, 7) is 9.06. The maximum Gasteiger partial charge on any atom is 0.132 e. The van der Waals surface area contributed by atoms with E-state index in [1.54, 1.807) is 0 Å². The van der Waals surface area contributed by atoms with Crippen molar-refractivity contribution in [2.75, 3.05) is 12.4 Å². The van der Waals surface area contributed by atoms with E-state index in [4.69, 9.17) is 27.9 Å². The normalized spacial score (nSPS) is 12.0. The fraction of sp³-hybridized carbons (Fsp3) is 0.571. The third-order valence-corrected chi connectivity index (χ3v) is 3.38. The average Bonchev–Trinajstić information content (AvgIpc) is 2.25. The number of hydrogen-bond donors (Lipinski definition) is 1. The number of rotatable bonds is 4. The van der Waals surface area contributed by atoms with Crippen molar-refractivity contribution < 1.29 is 4.74 Å². The van der Waals surface area contributed by atoms with E-state index in [2.05, 4.69) is 33.4 Å². The lowest BCUT2D eigenvalue weighted by Crippen LogP contribution is -2.15. The SMILES string of the molecule is Cc1cc(C(Cl)Cl)cc(C(C)(C)C)c1OCCS. The molecular weight excluding hydrogens is 287 g/mol. The molecule has 0 fully saturated rings. The Kier molecular flexibility index (Phi) is 5.69. The minimum absolute atomic E-state index is 0.0185. The molecular formula is C14H20Cl2OS. The van der Waals surface area contributed by atoms with Crippen LogP contribution in [0.15, 0.2) is 12.1 Å². The van der Waals surface area contributed by atoms with E-state index in [-0.39, 0.29) is 5.41 Å². The second kappa shape index (κ2) is 6.40. The van der Waals surface area contributed by atoms with Crippen LogP contribution in [0.4, 0.5) is 0 Å². The highest BCUT2D eigenvalue weighted by molar-refractivity contribution is 7.80. The first kappa shape index (κ1) is 16.0. The summed E-state index contributed by atoms with van der Waals surface area (Å²) in [5.74, 6) is 1.62. The number of thiol groups is 1. The smallest absolute Gasteiger partial charge is 0.132 e. The summed E-state index contributed by atoms with van der Waals surface area (Å²) in [5.41, 5.74) is 3.09. The van der Waals surface area contributed by atoms with Gasteiger partial charge in [-0.05, 0) is 35.6 Å². The van der Waals surface area contributed by atoms with Crippen molar-refractivity contribution in [1.29, 1.82) is 0 Å². The monoisotopic (exact) mass is 306 g/mol. The molecule has 0 saturated carbocycles. The Bertz CT molecular complexity index is 411. The zero-order chi connectivity index (χ0) is 13.9. The van der Waals surface area contributed by atoms with Crippen molar-refractivity contribution in [3.05, 3.63) is 28.8 Å². The summed E-state index contributed by atoms with van der Waals surface area (Å²) in [4.78, 5) is -0.510. The molecule has 0 aliphatic rings. The lowest BCUT2D eigenvalue weighted by atomic mass is 9.84. The van der Waals surface area contributed by atoms with Crippen molar-refractivity contribution >= 4 is 35.8 Å². The maximum absolute atomic E-state index is 5.97. The number of benzene rings is 1. The second-order valence-corrected chi connectivity index (χ2v) is 6.88. The zero-order valence-corrected chi connectivity index (χ0v) is 13.7. The lowest BCUT2D eigenvalue weighted by molar-refractivity contribution is 0.331. The summed E-state index contributed by atoms with van der Waals surface area (Å²) in [6, 6.07) is 4.01. The molecule has 102 valence electrons. The molecule has 0 unspecified atom stereocenters. The van der Waals surface area contributed by atoms with Gasteiger partial charge in [-0.2, -0.15) is 12.6 Å². The fourth-order valence-electron chi connectivity index (χ4n) is 1.82. The summed E-state index contributed by atoms with van der Waals surface area (Å²) < 4.78 is 5.82. The van der Waals surface area contributed by atoms with E-state index in [0.29, 0.717) is 12.4 Å². The standard InChI is InChI=1S/C14H20Cl2OS/c1-9-7-10(13(15)16)8-11(14(2,3)4)12(9)17-5-6-18/h7-8,13,18H,5-6H2,1-4H3. The Morgan fingerprint density at radius 3 is 2.33 bits per heavy atom. The lowest BCUT2D eigenvalue weighted by Gasteiger charge is -2.25. The van der Waals surface area contributed by atoms with Gasteiger partial charge in [0.05, 0.1) is 6.61 Å². The van der Waals surface area contributed by atoms with Gasteiger partial charge in [0.15, 0.2) is 0 Å². The first-order valence-corrected chi connectivity index (χ1v) is 7.44. The largest absolute Gasteiger partial charge is 0.492 e. The van der Waals surface area contributed by atoms with Crippen LogP contribution >= 0.6 is 35.8 Å². The first-order valence-electron chi connectivity index (χ1n) is 5.94. The van der Waals surface area contributed by atoms with E-state index < -0.39 is 4.84 Å². The molecule has 0 radical (unpaired) electrons. The van der Waals surface area contributed by atoms with Gasteiger partial charge in [0.2, 0.25) is 0 Å². The molecule has 0 saturated heterocycles. The molecule has 0 bridgehead atoms. The number of ether oxygens (including phenoxy) is 1. The first-order chi connectivity index (χ1) is 8.27. The van der Waals surface area contributed by atoms with E-state index in [1.165, 1.54) is 0 Å². The Balaban J connectivity index is 3.31. The minimum Gasteiger partial charge on any atom is -0.492 e. The molecule has 0 atom stereocenters. The molecule has 0 spiro atoms. The Hall–Kier alpha value is -0.0500. The van der Waals surface area contributed by atoms with Crippen LogP contribution in [0.3, 0.4) is 0 Å². The van der Waals surface area contributed by atoms with Crippen LogP contribution in [-0.4, -0.2) is 12.4 Å². The van der Waals surface area contributed by atoms with Crippen LogP contribution < -0.4 is 4.74 Å². The van der Waals surface area contributed by atoms with Gasteiger partial charge in [0.25, 0.3) is 0 Å². The molecule has 1 aromatic rings. The maximum atomic E-state index is 5.97. The fourth-order valence-corrected chi connectivity index (χ4v) is 2.17. The zero-order valence-electron chi connectivity index (χ0n) is 11.3. The molecule has 1 rings (SSSR count). The number of halogens is 2. The minimum atomic E-state index is -0.510. The third kappa shape index (κ3) is 3.97. The highest BCUT2D eigenvalue weighted by atomic mass is 35.5. The summed E-state index contributed by atoms with van der Waals surface area (Å²) >= 11 is 16.1. The molecule has 18 heavy (non-hydrogen) atoms. The van der Waals surface area contributed by atoms with Crippen LogP contribution in [0, 0.1) is 6.92 Å². The molecule has 4 heteroatoms. The second-order valence-electron chi connectivity index (χ2n) is 5.34. The Morgan fingerprint density at radius 1 is 1.28 bits per heavy atom. The topological polar surface area (TPSA) is 9.23 Å². The van der Waals surface area contributed by atoms with E-state index in [0.717, 1.165) is 22.4 Å². The number of alkyl halides is 2. The van der Waals surface area contributed by atoms with Crippen molar-refractivity contribution in [1.82, 2.24) is 0 Å². The van der Waals surface area contributed by atoms with Gasteiger partial charge in [0.1, 0.15) is 10.6 Å². The molecule has 1 aromatic carbocycles. The predicted molar refractivity (Wildman–Crippen MR) is 83.7 cm³/mol. The van der Waals surface area contributed by atoms with Crippen molar-refractivity contribution in [3.63, 3.8) is 0 Å². The van der Waals surface area contributed by atoms with Crippen LogP contribution in [0.25, 0.3) is 0 Å². The quantitative estimate of drug-likeness (QED) is 0.603. The molecule has 0 aromatic heterocycles. The highest BCUT2D eigenvalue weighted by Gasteiger charge is 2.22. The van der Waals surface area contributed by atoms with Gasteiger partial charge in [-0.1, -0.05) is 20.8 Å². The number of aryl methyl sites for hydroxylation is 1. The van der Waals surface area contributed by atoms with Gasteiger partial charge in [-0.25, -0.2) is 0 Å². The van der Waals surface area contributed by atoms with Crippen LogP contribution in [0.1, 0.15) is 42.3 Å². The van der Waals surface area contributed by atoms with Crippen LogP contribution in [0.2, 0.25) is 0 Å². The van der Waals surface area contributed by atoms with Crippen molar-refractivity contribution in [2.45, 2.75) is 37.9 Å². The average molecular weight is 307 g/mol. The van der Waals surface area contributed by atoms with Gasteiger partial charge in [0, 0.05) is 11.3 Å². The molecule has 0 aliphatic carbocycles. The van der Waals surface area contributed by atoms with Crippen molar-refractivity contribution in [3.8, 4) is 5.75 Å². The Morgan fingerprint density at radius 2 is 1.89 bits per heavy atom. The molecule has 0 aliphatic heterocycles. The van der Waals surface area contributed by atoms with E-state index in [1.807, 2.05) is 19.1 Å². The van der Waals surface area contributed by atoms with Gasteiger partial charge < -0.3 is 4.74 Å². The molecule has 0 N–H and O–H groups in total. The molecule has 0 amide bonds. The number of hydrogen-bond acceptors (Lipinski definition) is 2. The van der Waals surface area contributed by atoms with Crippen LogP contribution in [-0.2, 0) is 5.41 Å². The highest BCUT2D eigenvalue weighted by Crippen LogP contribution is 2.38.